The van der Waals surface area contributed by atoms with Crippen molar-refractivity contribution in [3.63, 3.8) is 0 Å². The molecule has 2 rings (SSSR count). The molecule has 4 nitrogen and oxygen atoms in total. The van der Waals surface area contributed by atoms with Crippen LogP contribution in [-0.4, -0.2) is 25.5 Å². The number of rotatable bonds is 8. The topological polar surface area (TPSA) is 55.4 Å². The number of hydrogen-bond donors (Lipinski definition) is 1. The Kier molecular flexibility index (Phi) is 9.00. The highest BCUT2D eigenvalue weighted by Gasteiger charge is 2.24. The van der Waals surface area contributed by atoms with Crippen molar-refractivity contribution in [3.05, 3.63) is 49.6 Å². The number of halogens is 1. The molecular formula is C23H30BrNO3S2. The monoisotopic (exact) mass is 511 g/mol. The van der Waals surface area contributed by atoms with Crippen molar-refractivity contribution in [2.24, 2.45) is 5.41 Å². The first-order chi connectivity index (χ1) is 14.0. The largest absolute Gasteiger partial charge is 0.469 e. The molecule has 1 aromatic heterocycles. The highest BCUT2D eigenvalue weighted by atomic mass is 79.9. The summed E-state index contributed by atoms with van der Waals surface area (Å²) in [6, 6.07) is 8.36. The molecule has 0 saturated heterocycles. The molecule has 1 N–H and O–H groups in total. The van der Waals surface area contributed by atoms with Crippen LogP contribution in [0, 0.1) is 19.3 Å². The summed E-state index contributed by atoms with van der Waals surface area (Å²) in [7, 11) is 1.34. The van der Waals surface area contributed by atoms with E-state index in [-0.39, 0.29) is 35.5 Å². The van der Waals surface area contributed by atoms with Gasteiger partial charge in [0.05, 0.1) is 18.4 Å². The summed E-state index contributed by atoms with van der Waals surface area (Å²) in [5.41, 5.74) is 2.61. The lowest BCUT2D eigenvalue weighted by Crippen LogP contribution is -2.25. The molecule has 0 aliphatic carbocycles. The first-order valence-electron chi connectivity index (χ1n) is 9.88. The molecule has 0 spiro atoms. The number of hydrogen-bond acceptors (Lipinski definition) is 5. The van der Waals surface area contributed by atoms with Crippen LogP contribution in [0.3, 0.4) is 0 Å². The molecule has 0 bridgehead atoms. The van der Waals surface area contributed by atoms with E-state index in [0.717, 1.165) is 10.9 Å². The Morgan fingerprint density at radius 1 is 1.20 bits per heavy atom. The van der Waals surface area contributed by atoms with Crippen LogP contribution in [0.2, 0.25) is 0 Å². The zero-order chi connectivity index (χ0) is 22.5. The minimum absolute atomic E-state index is 0.148. The van der Waals surface area contributed by atoms with Crippen molar-refractivity contribution in [1.82, 2.24) is 5.32 Å². The highest BCUT2D eigenvalue weighted by Crippen LogP contribution is 2.46. The number of aryl methyl sites for hydroxylation is 2. The van der Waals surface area contributed by atoms with Gasteiger partial charge in [0.15, 0.2) is 0 Å². The van der Waals surface area contributed by atoms with E-state index in [4.69, 9.17) is 0 Å². The Labute approximate surface area is 196 Å². The Morgan fingerprint density at radius 3 is 2.40 bits per heavy atom. The fourth-order valence-electron chi connectivity index (χ4n) is 3.01. The summed E-state index contributed by atoms with van der Waals surface area (Å²) in [5.74, 6) is -0.478. The van der Waals surface area contributed by atoms with Gasteiger partial charge in [-0.15, -0.1) is 23.1 Å². The third-order valence-corrected chi connectivity index (χ3v) is 8.31. The molecule has 0 saturated carbocycles. The molecule has 7 heteroatoms. The van der Waals surface area contributed by atoms with Crippen LogP contribution in [-0.2, 0) is 9.53 Å². The molecule has 1 atom stereocenters. The van der Waals surface area contributed by atoms with E-state index in [1.807, 2.05) is 17.8 Å². The third kappa shape index (κ3) is 7.43. The first kappa shape index (κ1) is 25.0. The predicted octanol–water partition coefficient (Wildman–Crippen LogP) is 6.69. The molecule has 1 heterocycles. The summed E-state index contributed by atoms with van der Waals surface area (Å²) in [4.78, 5) is 26.8. The molecule has 0 radical (unpaired) electrons. The van der Waals surface area contributed by atoms with E-state index in [1.165, 1.54) is 39.3 Å². The number of amides is 1. The lowest BCUT2D eigenvalue weighted by Gasteiger charge is -2.25. The van der Waals surface area contributed by atoms with Gasteiger partial charge in [-0.05, 0) is 61.1 Å². The Bertz CT molecular complexity index is 879. The number of esters is 1. The van der Waals surface area contributed by atoms with Gasteiger partial charge in [-0.2, -0.15) is 0 Å². The van der Waals surface area contributed by atoms with E-state index in [1.54, 1.807) is 0 Å². The molecule has 0 aliphatic heterocycles. The van der Waals surface area contributed by atoms with Crippen LogP contribution in [0.5, 0.6) is 0 Å². The number of methoxy groups -OCH3 is 1. The SMILES string of the molecule is COC(=O)CCNC(=O)c1ccc([C@@H](CC(C)(C)C)Sc2cc(C)c(Br)c(C)c2)s1. The van der Waals surface area contributed by atoms with Gasteiger partial charge in [0.1, 0.15) is 0 Å². The van der Waals surface area contributed by atoms with Crippen molar-refractivity contribution in [2.75, 3.05) is 13.7 Å². The van der Waals surface area contributed by atoms with Gasteiger partial charge in [0, 0.05) is 26.0 Å². The van der Waals surface area contributed by atoms with Gasteiger partial charge < -0.3 is 10.1 Å². The number of thiophene rings is 1. The molecule has 0 unspecified atom stereocenters. The fourth-order valence-corrected chi connectivity index (χ4v) is 6.03. The third-order valence-electron chi connectivity index (χ3n) is 4.50. The van der Waals surface area contributed by atoms with Crippen molar-refractivity contribution in [3.8, 4) is 0 Å². The van der Waals surface area contributed by atoms with Gasteiger partial charge in [-0.25, -0.2) is 0 Å². The van der Waals surface area contributed by atoms with Crippen molar-refractivity contribution in [1.29, 1.82) is 0 Å². The van der Waals surface area contributed by atoms with E-state index < -0.39 is 0 Å². The fraction of sp³-hybridized carbons (Fsp3) is 0.478. The summed E-state index contributed by atoms with van der Waals surface area (Å²) in [6.45, 7) is 11.2. The van der Waals surface area contributed by atoms with Crippen molar-refractivity contribution >= 4 is 50.9 Å². The zero-order valence-electron chi connectivity index (χ0n) is 18.4. The van der Waals surface area contributed by atoms with Crippen LogP contribution in [0.15, 0.2) is 33.6 Å². The van der Waals surface area contributed by atoms with Crippen LogP contribution in [0.4, 0.5) is 0 Å². The number of nitrogens with one attached hydrogen (secondary N) is 1. The molecular weight excluding hydrogens is 482 g/mol. The Morgan fingerprint density at radius 2 is 1.83 bits per heavy atom. The molecule has 0 aliphatic rings. The second kappa shape index (κ2) is 10.8. The molecule has 30 heavy (non-hydrogen) atoms. The normalized spacial score (nSPS) is 12.5. The van der Waals surface area contributed by atoms with E-state index in [2.05, 4.69) is 78.8 Å². The predicted molar refractivity (Wildman–Crippen MR) is 130 cm³/mol. The number of carbonyl (C=O) groups excluding carboxylic acids is 2. The van der Waals surface area contributed by atoms with Crippen molar-refractivity contribution in [2.45, 2.75) is 57.6 Å². The second-order valence-corrected chi connectivity index (χ2v) is 11.7. The van der Waals surface area contributed by atoms with E-state index >= 15 is 0 Å². The van der Waals surface area contributed by atoms with Gasteiger partial charge in [-0.3, -0.25) is 9.59 Å². The molecule has 1 aromatic carbocycles. The Hall–Kier alpha value is -1.31. The van der Waals surface area contributed by atoms with E-state index in [9.17, 15) is 9.59 Å². The van der Waals surface area contributed by atoms with Crippen LogP contribution in [0.25, 0.3) is 0 Å². The van der Waals surface area contributed by atoms with Crippen LogP contribution < -0.4 is 5.32 Å². The number of thioether (sulfide) groups is 1. The summed E-state index contributed by atoms with van der Waals surface area (Å²) >= 11 is 7.03. The minimum atomic E-state index is -0.330. The maximum absolute atomic E-state index is 12.5. The minimum Gasteiger partial charge on any atom is -0.469 e. The average molecular weight is 513 g/mol. The summed E-state index contributed by atoms with van der Waals surface area (Å²) < 4.78 is 5.76. The summed E-state index contributed by atoms with van der Waals surface area (Å²) in [6.07, 6.45) is 1.17. The number of ether oxygens (including phenoxy) is 1. The Balaban J connectivity index is 2.18. The first-order valence-corrected chi connectivity index (χ1v) is 12.4. The standard InChI is InChI=1S/C23H30BrNO3S2/c1-14-11-16(12-15(2)21(14)24)29-19(13-23(3,4)5)17-7-8-18(30-17)22(27)25-10-9-20(26)28-6/h7-8,11-12,19H,9-10,13H2,1-6H3,(H,25,27)/t19-/m1/s1. The van der Waals surface area contributed by atoms with Crippen LogP contribution >= 0.6 is 39.0 Å². The highest BCUT2D eigenvalue weighted by molar-refractivity contribution is 9.10. The summed E-state index contributed by atoms with van der Waals surface area (Å²) in [5, 5.41) is 3.05. The molecule has 1 amide bonds. The number of carbonyl (C=O) groups is 2. The molecule has 164 valence electrons. The van der Waals surface area contributed by atoms with Gasteiger partial charge in [-0.1, -0.05) is 36.7 Å². The molecule has 2 aromatic rings. The van der Waals surface area contributed by atoms with Gasteiger partial charge in [0.25, 0.3) is 5.91 Å². The maximum Gasteiger partial charge on any atom is 0.307 e. The van der Waals surface area contributed by atoms with Crippen molar-refractivity contribution < 1.29 is 14.3 Å². The van der Waals surface area contributed by atoms with Gasteiger partial charge in [0.2, 0.25) is 0 Å². The number of benzene rings is 1. The van der Waals surface area contributed by atoms with Crippen LogP contribution in [0.1, 0.15) is 64.5 Å². The quantitative estimate of drug-likeness (QED) is 0.316. The lowest BCUT2D eigenvalue weighted by atomic mass is 9.90. The lowest BCUT2D eigenvalue weighted by molar-refractivity contribution is -0.140. The average Bonchev–Trinajstić information content (AvgIpc) is 3.14. The van der Waals surface area contributed by atoms with E-state index in [0.29, 0.717) is 4.88 Å². The smallest absolute Gasteiger partial charge is 0.307 e. The van der Waals surface area contributed by atoms with Gasteiger partial charge >= 0.3 is 5.97 Å². The maximum atomic E-state index is 12.5. The molecule has 0 fully saturated rings. The second-order valence-electron chi connectivity index (χ2n) is 8.53. The zero-order valence-corrected chi connectivity index (χ0v) is 21.6.